The number of carbonyl (C=O) groups is 1. The van der Waals surface area contributed by atoms with E-state index in [4.69, 9.17) is 9.84 Å². The average Bonchev–Trinajstić information content (AvgIpc) is 3.24. The van der Waals surface area contributed by atoms with Gasteiger partial charge in [-0.15, -0.1) is 0 Å². The van der Waals surface area contributed by atoms with Crippen LogP contribution in [0.5, 0.6) is 5.75 Å². The number of ether oxygens (including phenoxy) is 1. The lowest BCUT2D eigenvalue weighted by atomic mass is 10.1. The minimum Gasteiger partial charge on any atom is -0.494 e. The van der Waals surface area contributed by atoms with Gasteiger partial charge in [-0.05, 0) is 56.3 Å². The normalized spacial score (nSPS) is 10.9. The highest BCUT2D eigenvalue weighted by Gasteiger charge is 2.12. The molecule has 6 nitrogen and oxygen atoms in total. The van der Waals surface area contributed by atoms with Crippen LogP contribution in [-0.4, -0.2) is 28.5 Å². The van der Waals surface area contributed by atoms with Crippen LogP contribution in [0, 0.1) is 6.92 Å². The zero-order chi connectivity index (χ0) is 22.3. The Labute approximate surface area is 187 Å². The van der Waals surface area contributed by atoms with Gasteiger partial charge in [0.2, 0.25) is 0 Å². The van der Waals surface area contributed by atoms with Crippen LogP contribution < -0.4 is 10.2 Å². The van der Waals surface area contributed by atoms with Gasteiger partial charge in [-0.25, -0.2) is 10.1 Å². The van der Waals surface area contributed by atoms with Crippen LogP contribution in [-0.2, 0) is 0 Å². The highest BCUT2D eigenvalue weighted by molar-refractivity contribution is 5.95. The Morgan fingerprint density at radius 2 is 1.84 bits per heavy atom. The van der Waals surface area contributed by atoms with Crippen LogP contribution in [0.1, 0.15) is 28.4 Å². The molecule has 0 spiro atoms. The molecule has 0 aliphatic heterocycles. The van der Waals surface area contributed by atoms with E-state index in [1.54, 1.807) is 30.5 Å². The van der Waals surface area contributed by atoms with Gasteiger partial charge in [-0.2, -0.15) is 10.2 Å². The Hall–Kier alpha value is -4.19. The molecule has 160 valence electrons. The fraction of sp³-hybridized carbons (Fsp3) is 0.115. The summed E-state index contributed by atoms with van der Waals surface area (Å²) in [7, 11) is 0. The fourth-order valence-electron chi connectivity index (χ4n) is 3.31. The topological polar surface area (TPSA) is 68.5 Å². The van der Waals surface area contributed by atoms with Crippen molar-refractivity contribution < 1.29 is 9.53 Å². The smallest absolute Gasteiger partial charge is 0.271 e. The molecule has 0 unspecified atom stereocenters. The van der Waals surface area contributed by atoms with Crippen molar-refractivity contribution in [3.8, 4) is 22.7 Å². The lowest BCUT2D eigenvalue weighted by Gasteiger charge is -2.04. The van der Waals surface area contributed by atoms with E-state index in [1.165, 1.54) is 0 Å². The Morgan fingerprint density at radius 1 is 1.06 bits per heavy atom. The van der Waals surface area contributed by atoms with Gasteiger partial charge in [0.25, 0.3) is 5.91 Å². The van der Waals surface area contributed by atoms with E-state index < -0.39 is 0 Å². The number of nitrogens with zero attached hydrogens (tertiary/aromatic N) is 3. The summed E-state index contributed by atoms with van der Waals surface area (Å²) in [5.74, 6) is 0.431. The number of aryl methyl sites for hydroxylation is 1. The van der Waals surface area contributed by atoms with E-state index in [2.05, 4.69) is 16.6 Å². The van der Waals surface area contributed by atoms with Crippen molar-refractivity contribution in [2.45, 2.75) is 13.8 Å². The molecule has 0 saturated heterocycles. The number of benzene rings is 3. The predicted octanol–water partition coefficient (Wildman–Crippen LogP) is 5.01. The van der Waals surface area contributed by atoms with Crippen LogP contribution in [0.15, 0.2) is 90.2 Å². The summed E-state index contributed by atoms with van der Waals surface area (Å²) in [6, 6.07) is 25.0. The van der Waals surface area contributed by atoms with Crippen molar-refractivity contribution in [2.24, 2.45) is 5.10 Å². The van der Waals surface area contributed by atoms with Gasteiger partial charge in [0.05, 0.1) is 18.5 Å². The molecule has 1 N–H and O–H groups in total. The van der Waals surface area contributed by atoms with Crippen LogP contribution >= 0.6 is 0 Å². The monoisotopic (exact) mass is 424 g/mol. The summed E-state index contributed by atoms with van der Waals surface area (Å²) in [5.41, 5.74) is 7.75. The quantitative estimate of drug-likeness (QED) is 0.335. The molecule has 0 atom stereocenters. The molecule has 0 fully saturated rings. The predicted molar refractivity (Wildman–Crippen MR) is 126 cm³/mol. The van der Waals surface area contributed by atoms with E-state index >= 15 is 0 Å². The molecule has 4 rings (SSSR count). The van der Waals surface area contributed by atoms with Crippen LogP contribution in [0.3, 0.4) is 0 Å². The molecule has 6 heteroatoms. The molecule has 1 amide bonds. The zero-order valence-corrected chi connectivity index (χ0v) is 18.0. The second kappa shape index (κ2) is 9.75. The minimum absolute atomic E-state index is 0.295. The van der Waals surface area contributed by atoms with Crippen molar-refractivity contribution in [1.82, 2.24) is 15.2 Å². The summed E-state index contributed by atoms with van der Waals surface area (Å²) in [4.78, 5) is 12.4. The Morgan fingerprint density at radius 3 is 2.56 bits per heavy atom. The number of nitrogens with one attached hydrogen (secondary N) is 1. The number of amides is 1. The highest BCUT2D eigenvalue weighted by atomic mass is 16.5. The molecular formula is C26H24N4O2. The first kappa shape index (κ1) is 21.1. The lowest BCUT2D eigenvalue weighted by molar-refractivity contribution is 0.0955. The van der Waals surface area contributed by atoms with E-state index in [0.29, 0.717) is 12.2 Å². The molecular weight excluding hydrogens is 400 g/mol. The molecule has 32 heavy (non-hydrogen) atoms. The maximum atomic E-state index is 12.4. The van der Waals surface area contributed by atoms with Gasteiger partial charge in [0.1, 0.15) is 11.4 Å². The van der Waals surface area contributed by atoms with Gasteiger partial charge in [-0.3, -0.25) is 4.79 Å². The first-order valence-electron chi connectivity index (χ1n) is 10.4. The van der Waals surface area contributed by atoms with E-state index in [1.807, 2.05) is 73.3 Å². The summed E-state index contributed by atoms with van der Waals surface area (Å²) in [6.07, 6.45) is 3.52. The minimum atomic E-state index is -0.295. The first-order chi connectivity index (χ1) is 15.6. The third-order valence-electron chi connectivity index (χ3n) is 4.85. The van der Waals surface area contributed by atoms with Gasteiger partial charge in [-0.1, -0.05) is 42.0 Å². The van der Waals surface area contributed by atoms with E-state index in [-0.39, 0.29) is 5.91 Å². The molecule has 0 aliphatic rings. The summed E-state index contributed by atoms with van der Waals surface area (Å²) < 4.78 is 7.22. The Bertz CT molecular complexity index is 1230. The maximum absolute atomic E-state index is 12.4. The van der Waals surface area contributed by atoms with Crippen LogP contribution in [0.25, 0.3) is 16.9 Å². The number of carbonyl (C=O) groups excluding carboxylic acids is 1. The van der Waals surface area contributed by atoms with Crippen molar-refractivity contribution in [1.29, 1.82) is 0 Å². The molecule has 4 aromatic rings. The molecule has 1 heterocycles. The van der Waals surface area contributed by atoms with Gasteiger partial charge in [0, 0.05) is 22.9 Å². The molecule has 0 radical (unpaired) electrons. The third kappa shape index (κ3) is 4.92. The third-order valence-corrected chi connectivity index (χ3v) is 4.85. The zero-order valence-electron chi connectivity index (χ0n) is 18.0. The lowest BCUT2D eigenvalue weighted by Crippen LogP contribution is -2.17. The SMILES string of the molecule is CCOc1ccc(C(=O)N/N=C/c2cn(-c3ccccc3)nc2-c2cccc(C)c2)cc1. The number of hydrogen-bond donors (Lipinski definition) is 1. The van der Waals surface area contributed by atoms with Crippen molar-refractivity contribution in [3.05, 3.63) is 102 Å². The van der Waals surface area contributed by atoms with Crippen molar-refractivity contribution >= 4 is 12.1 Å². The van der Waals surface area contributed by atoms with E-state index in [0.717, 1.165) is 33.8 Å². The van der Waals surface area contributed by atoms with E-state index in [9.17, 15) is 4.79 Å². The standard InChI is InChI=1S/C26H24N4O2/c1-3-32-24-14-12-20(13-15-24)26(31)28-27-17-22-18-30(23-10-5-4-6-11-23)29-25(22)21-9-7-8-19(2)16-21/h4-18H,3H2,1-2H3,(H,28,31)/b27-17+. The van der Waals surface area contributed by atoms with Gasteiger partial charge >= 0.3 is 0 Å². The first-order valence-corrected chi connectivity index (χ1v) is 10.4. The fourth-order valence-corrected chi connectivity index (χ4v) is 3.31. The van der Waals surface area contributed by atoms with Gasteiger partial charge in [0.15, 0.2) is 0 Å². The number of hydrazone groups is 1. The molecule has 3 aromatic carbocycles. The largest absolute Gasteiger partial charge is 0.494 e. The highest BCUT2D eigenvalue weighted by Crippen LogP contribution is 2.23. The second-order valence-electron chi connectivity index (χ2n) is 7.24. The van der Waals surface area contributed by atoms with Crippen LogP contribution in [0.2, 0.25) is 0 Å². The number of hydrogen-bond acceptors (Lipinski definition) is 4. The summed E-state index contributed by atoms with van der Waals surface area (Å²) >= 11 is 0. The summed E-state index contributed by atoms with van der Waals surface area (Å²) in [6.45, 7) is 4.54. The molecule has 1 aromatic heterocycles. The molecule has 0 saturated carbocycles. The van der Waals surface area contributed by atoms with Gasteiger partial charge < -0.3 is 4.74 Å². The average molecular weight is 425 g/mol. The van der Waals surface area contributed by atoms with Crippen molar-refractivity contribution in [2.75, 3.05) is 6.61 Å². The molecule has 0 aliphatic carbocycles. The summed E-state index contributed by atoms with van der Waals surface area (Å²) in [5, 5.41) is 8.96. The Balaban J connectivity index is 1.58. The number of para-hydroxylation sites is 1. The number of rotatable bonds is 7. The van der Waals surface area contributed by atoms with Crippen molar-refractivity contribution in [3.63, 3.8) is 0 Å². The van der Waals surface area contributed by atoms with Crippen LogP contribution in [0.4, 0.5) is 0 Å². The molecule has 0 bridgehead atoms. The number of aromatic nitrogens is 2. The maximum Gasteiger partial charge on any atom is 0.271 e. The second-order valence-corrected chi connectivity index (χ2v) is 7.24. The Kier molecular flexibility index (Phi) is 6.41.